The molecule has 2 radical (unpaired) electrons. The van der Waals surface area contributed by atoms with Gasteiger partial charge in [-0.15, -0.1) is 0 Å². The molecule has 3 aromatic rings. The fourth-order valence-electron chi connectivity index (χ4n) is 2.83. The van der Waals surface area contributed by atoms with Crippen LogP contribution >= 0.6 is 11.6 Å². The van der Waals surface area contributed by atoms with Gasteiger partial charge in [-0.2, -0.15) is 0 Å². The number of aliphatic hydroxyl groups excluding tert-OH is 1. The number of rotatable bonds is 7. The number of nitrogens with zero attached hydrogens (tertiary/aromatic N) is 2. The Balaban J connectivity index is 2.13. The van der Waals surface area contributed by atoms with Crippen molar-refractivity contribution in [1.82, 2.24) is 15.0 Å². The molecule has 0 atom stereocenters. The van der Waals surface area contributed by atoms with E-state index in [1.165, 1.54) is 18.5 Å². The molecule has 150 valence electrons. The lowest BCUT2D eigenvalue weighted by Crippen LogP contribution is -2.26. The normalized spacial score (nSPS) is 11.2. The lowest BCUT2D eigenvalue weighted by atomic mass is 9.96. The Morgan fingerprint density at radius 3 is 2.83 bits per heavy atom. The minimum atomic E-state index is -0.706. The van der Waals surface area contributed by atoms with Crippen LogP contribution in [0.3, 0.4) is 0 Å². The van der Waals surface area contributed by atoms with Gasteiger partial charge in [-0.25, -0.2) is 14.9 Å². The molecule has 0 unspecified atom stereocenters. The summed E-state index contributed by atoms with van der Waals surface area (Å²) < 4.78 is 17.1. The van der Waals surface area contributed by atoms with Gasteiger partial charge in [0, 0.05) is 6.04 Å². The number of fused-ring (bicyclic) bond motifs is 1. The smallest absolute Gasteiger partial charge is 0.277 e. The van der Waals surface area contributed by atoms with Gasteiger partial charge in [-0.05, 0) is 32.0 Å². The number of benzene rings is 2. The summed E-state index contributed by atoms with van der Waals surface area (Å²) in [6, 6.07) is 6.22. The molecule has 0 aliphatic rings. The van der Waals surface area contributed by atoms with Crippen LogP contribution in [0.4, 0.5) is 15.8 Å². The number of halogens is 2. The van der Waals surface area contributed by atoms with Crippen LogP contribution in [0.25, 0.3) is 11.0 Å². The van der Waals surface area contributed by atoms with E-state index < -0.39 is 11.7 Å². The van der Waals surface area contributed by atoms with Crippen molar-refractivity contribution in [3.63, 3.8) is 0 Å². The van der Waals surface area contributed by atoms with Gasteiger partial charge in [-0.1, -0.05) is 23.1 Å². The Hall–Kier alpha value is -2.62. The number of hydrogen-bond acceptors (Lipinski definition) is 5. The van der Waals surface area contributed by atoms with Gasteiger partial charge >= 0.3 is 0 Å². The van der Waals surface area contributed by atoms with Crippen molar-refractivity contribution in [3.05, 3.63) is 47.0 Å². The van der Waals surface area contributed by atoms with Crippen molar-refractivity contribution in [1.29, 1.82) is 0 Å². The zero-order valence-electron chi connectivity index (χ0n) is 15.9. The van der Waals surface area contributed by atoms with Gasteiger partial charge in [-0.3, -0.25) is 9.63 Å². The minimum absolute atomic E-state index is 0.00584. The summed E-state index contributed by atoms with van der Waals surface area (Å²) in [7, 11) is 5.70. The second kappa shape index (κ2) is 8.81. The maximum Gasteiger partial charge on any atom is 0.277 e. The van der Waals surface area contributed by atoms with E-state index in [4.69, 9.17) is 29.4 Å². The first-order chi connectivity index (χ1) is 13.8. The fourth-order valence-corrected chi connectivity index (χ4v) is 3.06. The molecule has 0 saturated carbocycles. The van der Waals surface area contributed by atoms with Crippen LogP contribution in [0.15, 0.2) is 30.6 Å². The molecule has 0 fully saturated rings. The van der Waals surface area contributed by atoms with Crippen LogP contribution in [-0.2, 0) is 4.84 Å². The van der Waals surface area contributed by atoms with E-state index in [1.807, 2.05) is 13.8 Å². The Morgan fingerprint density at radius 2 is 2.17 bits per heavy atom. The van der Waals surface area contributed by atoms with E-state index >= 15 is 4.39 Å². The highest BCUT2D eigenvalue weighted by Gasteiger charge is 2.23. The molecule has 29 heavy (non-hydrogen) atoms. The quantitative estimate of drug-likeness (QED) is 0.313. The van der Waals surface area contributed by atoms with E-state index in [1.54, 1.807) is 16.7 Å². The summed E-state index contributed by atoms with van der Waals surface area (Å²) in [6.45, 7) is 3.46. The summed E-state index contributed by atoms with van der Waals surface area (Å²) in [5.74, 6) is -1.40. The molecule has 1 aromatic heterocycles. The number of aromatic nitrogens is 2. The maximum atomic E-state index is 15.4. The molecule has 3 N–H and O–H groups in total. The number of hydroxylamine groups is 1. The fraction of sp³-hybridized carbons (Fsp3) is 0.263. The molecule has 2 aromatic carbocycles. The SMILES string of the molecule is [B]c1ccc(Nc2c(C(=O)NOCCO)cc3c(ncn3C(C)C)c2F)c(Cl)c1. The topological polar surface area (TPSA) is 88.4 Å². The van der Waals surface area contributed by atoms with Gasteiger partial charge < -0.3 is 15.0 Å². The average Bonchev–Trinajstić information content (AvgIpc) is 3.10. The predicted octanol–water partition coefficient (Wildman–Crippen LogP) is 2.60. The lowest BCUT2D eigenvalue weighted by Gasteiger charge is -2.16. The number of aliphatic hydroxyl groups is 1. The second-order valence-electron chi connectivity index (χ2n) is 6.59. The van der Waals surface area contributed by atoms with Gasteiger partial charge in [0.25, 0.3) is 5.91 Å². The first-order valence-electron chi connectivity index (χ1n) is 8.87. The van der Waals surface area contributed by atoms with Crippen molar-refractivity contribution >= 4 is 53.2 Å². The number of carbonyl (C=O) groups is 1. The van der Waals surface area contributed by atoms with E-state index in [0.717, 1.165) is 0 Å². The van der Waals surface area contributed by atoms with Gasteiger partial charge in [0.2, 0.25) is 0 Å². The summed E-state index contributed by atoms with van der Waals surface area (Å²) in [6.07, 6.45) is 1.52. The molecule has 0 aliphatic carbocycles. The standard InChI is InChI=1S/C19H19BClFN4O3/c1-10(2)26-9-23-18-15(26)8-12(19(28)25-29-6-5-27)17(16(18)22)24-14-4-3-11(20)7-13(14)21/h3-4,7-10,24,27H,5-6H2,1-2H3,(H,25,28). The molecular formula is C19H19BClFN4O3. The molecule has 0 aliphatic heterocycles. The third-order valence-corrected chi connectivity index (χ3v) is 4.53. The number of carbonyl (C=O) groups excluding carboxylic acids is 1. The maximum absolute atomic E-state index is 15.4. The first-order valence-corrected chi connectivity index (χ1v) is 9.25. The van der Waals surface area contributed by atoms with Crippen LogP contribution in [0.2, 0.25) is 5.02 Å². The Labute approximate surface area is 173 Å². The molecular weight excluding hydrogens is 397 g/mol. The third kappa shape index (κ3) is 4.37. The summed E-state index contributed by atoms with van der Waals surface area (Å²) in [5, 5.41) is 11.9. The van der Waals surface area contributed by atoms with Crippen molar-refractivity contribution in [2.75, 3.05) is 18.5 Å². The molecule has 0 spiro atoms. The summed E-state index contributed by atoms with van der Waals surface area (Å²) >= 11 is 6.19. The van der Waals surface area contributed by atoms with Crippen molar-refractivity contribution in [3.8, 4) is 0 Å². The summed E-state index contributed by atoms with van der Waals surface area (Å²) in [4.78, 5) is 21.7. The van der Waals surface area contributed by atoms with Gasteiger partial charge in [0.05, 0.1) is 47.0 Å². The zero-order chi connectivity index (χ0) is 21.1. The van der Waals surface area contributed by atoms with Crippen LogP contribution in [-0.4, -0.2) is 41.6 Å². The van der Waals surface area contributed by atoms with Crippen molar-refractivity contribution < 1.29 is 19.1 Å². The van der Waals surface area contributed by atoms with Crippen LogP contribution in [0.5, 0.6) is 0 Å². The van der Waals surface area contributed by atoms with Crippen molar-refractivity contribution in [2.45, 2.75) is 19.9 Å². The van der Waals surface area contributed by atoms with Crippen molar-refractivity contribution in [2.24, 2.45) is 0 Å². The highest BCUT2D eigenvalue weighted by atomic mass is 35.5. The van der Waals surface area contributed by atoms with Crippen LogP contribution < -0.4 is 16.3 Å². The number of nitrogens with one attached hydrogen (secondary N) is 2. The Morgan fingerprint density at radius 1 is 1.41 bits per heavy atom. The number of anilines is 2. The molecule has 10 heteroatoms. The molecule has 1 amide bonds. The second-order valence-corrected chi connectivity index (χ2v) is 7.00. The van der Waals surface area contributed by atoms with Crippen LogP contribution in [0, 0.1) is 5.82 Å². The Kier molecular flexibility index (Phi) is 6.41. The summed E-state index contributed by atoms with van der Waals surface area (Å²) in [5.41, 5.74) is 3.46. The van der Waals surface area contributed by atoms with Gasteiger partial charge in [0.1, 0.15) is 13.4 Å². The van der Waals surface area contributed by atoms with Gasteiger partial charge in [0.15, 0.2) is 5.82 Å². The average molecular weight is 417 g/mol. The zero-order valence-corrected chi connectivity index (χ0v) is 16.6. The van der Waals surface area contributed by atoms with E-state index in [0.29, 0.717) is 16.7 Å². The monoisotopic (exact) mass is 416 g/mol. The number of amides is 1. The molecule has 3 rings (SSSR count). The highest BCUT2D eigenvalue weighted by Crippen LogP contribution is 2.33. The van der Waals surface area contributed by atoms with E-state index in [9.17, 15) is 4.79 Å². The van der Waals surface area contributed by atoms with E-state index in [2.05, 4.69) is 15.8 Å². The number of hydrogen-bond donors (Lipinski definition) is 3. The minimum Gasteiger partial charge on any atom is -0.394 e. The predicted molar refractivity (Wildman–Crippen MR) is 111 cm³/mol. The van der Waals surface area contributed by atoms with E-state index in [-0.39, 0.29) is 41.0 Å². The third-order valence-electron chi connectivity index (χ3n) is 4.22. The largest absolute Gasteiger partial charge is 0.394 e. The molecule has 7 nitrogen and oxygen atoms in total. The lowest BCUT2D eigenvalue weighted by molar-refractivity contribution is 0.0169. The van der Waals surface area contributed by atoms with Crippen LogP contribution in [0.1, 0.15) is 30.2 Å². The highest BCUT2D eigenvalue weighted by molar-refractivity contribution is 6.37. The Bertz CT molecular complexity index is 1060. The number of imidazole rings is 1. The first kappa shape index (κ1) is 21.1. The molecule has 1 heterocycles. The molecule has 0 bridgehead atoms. The molecule has 0 saturated heterocycles.